The summed E-state index contributed by atoms with van der Waals surface area (Å²) in [6.45, 7) is 2.98. The van der Waals surface area contributed by atoms with E-state index in [9.17, 15) is 22.3 Å². The molecule has 134 valence electrons. The molecule has 0 atom stereocenters. The summed E-state index contributed by atoms with van der Waals surface area (Å²) < 4.78 is 48.0. The molecule has 2 aromatic rings. The minimum absolute atomic E-state index is 0.223. The summed E-state index contributed by atoms with van der Waals surface area (Å²) in [5, 5.41) is 9.34. The van der Waals surface area contributed by atoms with Crippen molar-refractivity contribution in [3.8, 4) is 5.75 Å². The van der Waals surface area contributed by atoms with E-state index in [1.165, 1.54) is 12.1 Å². The quantitative estimate of drug-likeness (QED) is 0.899. The summed E-state index contributed by atoms with van der Waals surface area (Å²) >= 11 is 0. The van der Waals surface area contributed by atoms with Crippen molar-refractivity contribution < 1.29 is 22.3 Å². The fourth-order valence-electron chi connectivity index (χ4n) is 2.84. The minimum Gasteiger partial charge on any atom is -0.508 e. The SMILES string of the molecule is O=S(=O)(c1ccc(N2CCN(c3ccc(O)cc3)CC2)cc1)C(F)F. The van der Waals surface area contributed by atoms with Crippen LogP contribution in [0.15, 0.2) is 53.4 Å². The predicted molar refractivity (Wildman–Crippen MR) is 92.2 cm³/mol. The molecule has 0 bridgehead atoms. The number of piperazine rings is 1. The van der Waals surface area contributed by atoms with Gasteiger partial charge in [0.15, 0.2) is 0 Å². The maximum atomic E-state index is 12.6. The number of sulfone groups is 1. The standard InChI is InChI=1S/C17H18F2N2O3S/c18-17(19)25(23,24)16-7-3-14(4-8-16)21-11-9-20(10-12-21)13-1-5-15(22)6-2-13/h1-8,17,22H,9-12H2. The highest BCUT2D eigenvalue weighted by Crippen LogP contribution is 2.25. The number of hydrogen-bond donors (Lipinski definition) is 1. The lowest BCUT2D eigenvalue weighted by Crippen LogP contribution is -2.46. The van der Waals surface area contributed by atoms with Crippen LogP contribution in [0.25, 0.3) is 0 Å². The number of phenols is 1. The molecule has 0 saturated carbocycles. The minimum atomic E-state index is -4.55. The second-order valence-corrected chi connectivity index (χ2v) is 7.71. The number of aromatic hydroxyl groups is 1. The number of phenolic OH excluding ortho intramolecular Hbond substituents is 1. The molecule has 1 aliphatic heterocycles. The van der Waals surface area contributed by atoms with Crippen LogP contribution in [0.4, 0.5) is 20.2 Å². The molecule has 2 aromatic carbocycles. The first-order chi connectivity index (χ1) is 11.9. The Morgan fingerprint density at radius 3 is 1.60 bits per heavy atom. The van der Waals surface area contributed by atoms with Gasteiger partial charge >= 0.3 is 5.76 Å². The first-order valence-electron chi connectivity index (χ1n) is 7.79. The van der Waals surface area contributed by atoms with Crippen LogP contribution in [-0.2, 0) is 9.84 Å². The zero-order chi connectivity index (χ0) is 18.0. The average molecular weight is 368 g/mol. The van der Waals surface area contributed by atoms with Crippen LogP contribution in [0.3, 0.4) is 0 Å². The van der Waals surface area contributed by atoms with Gasteiger partial charge in [-0.15, -0.1) is 0 Å². The molecule has 1 saturated heterocycles. The smallest absolute Gasteiger partial charge is 0.341 e. The summed E-state index contributed by atoms with van der Waals surface area (Å²) in [6, 6.07) is 12.6. The Morgan fingerprint density at radius 1 is 0.800 bits per heavy atom. The van der Waals surface area contributed by atoms with Crippen molar-refractivity contribution in [2.45, 2.75) is 10.7 Å². The monoisotopic (exact) mass is 368 g/mol. The van der Waals surface area contributed by atoms with Crippen molar-refractivity contribution in [3.05, 3.63) is 48.5 Å². The van der Waals surface area contributed by atoms with Gasteiger partial charge < -0.3 is 14.9 Å². The molecule has 0 radical (unpaired) electrons. The van der Waals surface area contributed by atoms with Crippen molar-refractivity contribution in [1.82, 2.24) is 0 Å². The molecule has 0 amide bonds. The number of halogens is 2. The van der Waals surface area contributed by atoms with Crippen molar-refractivity contribution in [1.29, 1.82) is 0 Å². The Labute approximate surface area is 145 Å². The van der Waals surface area contributed by atoms with Crippen LogP contribution in [0, 0.1) is 0 Å². The van der Waals surface area contributed by atoms with E-state index < -0.39 is 15.6 Å². The molecular weight excluding hydrogens is 350 g/mol. The second-order valence-electron chi connectivity index (χ2n) is 5.79. The molecule has 5 nitrogen and oxygen atoms in total. The van der Waals surface area contributed by atoms with E-state index in [2.05, 4.69) is 9.80 Å². The molecule has 0 unspecified atom stereocenters. The van der Waals surface area contributed by atoms with Gasteiger partial charge in [0.25, 0.3) is 0 Å². The van der Waals surface area contributed by atoms with Gasteiger partial charge in [-0.3, -0.25) is 0 Å². The average Bonchev–Trinajstić information content (AvgIpc) is 2.62. The first-order valence-corrected chi connectivity index (χ1v) is 9.33. The van der Waals surface area contributed by atoms with Crippen LogP contribution in [0.5, 0.6) is 5.75 Å². The van der Waals surface area contributed by atoms with Gasteiger partial charge in [-0.25, -0.2) is 8.42 Å². The summed E-state index contributed by atoms with van der Waals surface area (Å²) in [5.41, 5.74) is 1.83. The van der Waals surface area contributed by atoms with E-state index in [0.717, 1.165) is 37.6 Å². The van der Waals surface area contributed by atoms with Gasteiger partial charge in [-0.2, -0.15) is 8.78 Å². The fourth-order valence-corrected chi connectivity index (χ4v) is 3.56. The summed E-state index contributed by atoms with van der Waals surface area (Å²) in [7, 11) is -4.55. The number of nitrogens with zero attached hydrogens (tertiary/aromatic N) is 2. The summed E-state index contributed by atoms with van der Waals surface area (Å²) in [5.74, 6) is -3.19. The van der Waals surface area contributed by atoms with Gasteiger partial charge in [0.1, 0.15) is 5.75 Å². The highest BCUT2D eigenvalue weighted by molar-refractivity contribution is 7.91. The van der Waals surface area contributed by atoms with E-state index >= 15 is 0 Å². The molecule has 3 rings (SSSR count). The van der Waals surface area contributed by atoms with Crippen LogP contribution >= 0.6 is 0 Å². The van der Waals surface area contributed by atoms with E-state index in [-0.39, 0.29) is 10.6 Å². The van der Waals surface area contributed by atoms with Crippen LogP contribution in [0.1, 0.15) is 0 Å². The zero-order valence-electron chi connectivity index (χ0n) is 13.3. The maximum Gasteiger partial charge on any atom is 0.341 e. The largest absolute Gasteiger partial charge is 0.508 e. The molecular formula is C17H18F2N2O3S. The van der Waals surface area contributed by atoms with Gasteiger partial charge in [-0.1, -0.05) is 0 Å². The Bertz CT molecular complexity index is 816. The van der Waals surface area contributed by atoms with Crippen molar-refractivity contribution in [2.24, 2.45) is 0 Å². The van der Waals surface area contributed by atoms with Crippen molar-refractivity contribution >= 4 is 21.2 Å². The van der Waals surface area contributed by atoms with E-state index in [1.54, 1.807) is 24.3 Å². The Kier molecular flexibility index (Phi) is 4.80. The Hall–Kier alpha value is -2.35. The van der Waals surface area contributed by atoms with Crippen LogP contribution in [0.2, 0.25) is 0 Å². The van der Waals surface area contributed by atoms with Crippen LogP contribution in [-0.4, -0.2) is 45.5 Å². The summed E-state index contributed by atoms with van der Waals surface area (Å²) in [6.07, 6.45) is 0. The van der Waals surface area contributed by atoms with E-state index in [4.69, 9.17) is 0 Å². The number of anilines is 2. The third kappa shape index (κ3) is 3.68. The summed E-state index contributed by atoms with van der Waals surface area (Å²) in [4.78, 5) is 3.90. The molecule has 1 heterocycles. The van der Waals surface area contributed by atoms with E-state index in [1.807, 2.05) is 12.1 Å². The Morgan fingerprint density at radius 2 is 1.20 bits per heavy atom. The highest BCUT2D eigenvalue weighted by Gasteiger charge is 2.26. The molecule has 8 heteroatoms. The highest BCUT2D eigenvalue weighted by atomic mass is 32.2. The number of benzene rings is 2. The molecule has 0 aromatic heterocycles. The zero-order valence-corrected chi connectivity index (χ0v) is 14.2. The second kappa shape index (κ2) is 6.87. The molecule has 1 aliphatic rings. The van der Waals surface area contributed by atoms with Gasteiger partial charge in [0.05, 0.1) is 4.90 Å². The number of alkyl halides is 2. The predicted octanol–water partition coefficient (Wildman–Crippen LogP) is 2.72. The first kappa shape index (κ1) is 17.5. The number of rotatable bonds is 4. The van der Waals surface area contributed by atoms with Gasteiger partial charge in [-0.05, 0) is 48.5 Å². The topological polar surface area (TPSA) is 60.9 Å². The molecule has 1 fully saturated rings. The lowest BCUT2D eigenvalue weighted by atomic mass is 10.2. The number of hydrogen-bond acceptors (Lipinski definition) is 5. The van der Waals surface area contributed by atoms with Gasteiger partial charge in [0.2, 0.25) is 9.84 Å². The maximum absolute atomic E-state index is 12.6. The van der Waals surface area contributed by atoms with E-state index in [0.29, 0.717) is 0 Å². The van der Waals surface area contributed by atoms with Gasteiger partial charge in [0, 0.05) is 37.6 Å². The molecule has 0 spiro atoms. The van der Waals surface area contributed by atoms with Crippen LogP contribution < -0.4 is 9.80 Å². The fraction of sp³-hybridized carbons (Fsp3) is 0.294. The van der Waals surface area contributed by atoms with Crippen molar-refractivity contribution in [3.63, 3.8) is 0 Å². The van der Waals surface area contributed by atoms with Crippen molar-refractivity contribution in [2.75, 3.05) is 36.0 Å². The third-order valence-corrected chi connectivity index (χ3v) is 5.66. The molecule has 1 N–H and O–H groups in total. The molecule has 25 heavy (non-hydrogen) atoms. The molecule has 0 aliphatic carbocycles. The Balaban J connectivity index is 1.66. The third-order valence-electron chi connectivity index (χ3n) is 4.26. The normalized spacial score (nSPS) is 15.6. The lowest BCUT2D eigenvalue weighted by Gasteiger charge is -2.37. The lowest BCUT2D eigenvalue weighted by molar-refractivity contribution is 0.234.